The van der Waals surface area contributed by atoms with Crippen LogP contribution in [0.2, 0.25) is 0 Å². The lowest BCUT2D eigenvalue weighted by Crippen LogP contribution is -1.88. The Bertz CT molecular complexity index is 1590. The fourth-order valence-electron chi connectivity index (χ4n) is 4.73. The lowest BCUT2D eigenvalue weighted by atomic mass is 9.95. The van der Waals surface area contributed by atoms with Crippen molar-refractivity contribution in [3.63, 3.8) is 0 Å². The number of nitrogens with zero attached hydrogens (tertiary/aromatic N) is 1. The van der Waals surface area contributed by atoms with Gasteiger partial charge in [0.1, 0.15) is 11.5 Å². The van der Waals surface area contributed by atoms with Gasteiger partial charge in [-0.2, -0.15) is 0 Å². The van der Waals surface area contributed by atoms with Gasteiger partial charge in [-0.1, -0.05) is 66.7 Å². The van der Waals surface area contributed by atoms with Gasteiger partial charge in [0.2, 0.25) is 0 Å². The Morgan fingerprint density at radius 2 is 1.35 bits per heavy atom. The van der Waals surface area contributed by atoms with E-state index >= 15 is 0 Å². The maximum atomic E-state index is 6.50. The second kappa shape index (κ2) is 6.82. The number of rotatable bonds is 2. The Balaban J connectivity index is 1.67. The quantitative estimate of drug-likeness (QED) is 0.275. The molecule has 0 saturated heterocycles. The number of aromatic nitrogens is 1. The van der Waals surface area contributed by atoms with Crippen LogP contribution in [0.3, 0.4) is 0 Å². The number of aryl methyl sites for hydroxylation is 2. The molecule has 0 unspecified atom stereocenters. The number of hydrogen-bond acceptors (Lipinski definition) is 2. The van der Waals surface area contributed by atoms with E-state index in [1.165, 1.54) is 32.7 Å². The van der Waals surface area contributed by atoms with Gasteiger partial charge in [0, 0.05) is 22.7 Å². The van der Waals surface area contributed by atoms with E-state index in [1.54, 1.807) is 0 Å². The Hall–Kier alpha value is -3.91. The van der Waals surface area contributed by atoms with E-state index in [1.807, 2.05) is 12.3 Å². The summed E-state index contributed by atoms with van der Waals surface area (Å²) in [5, 5.41) is 5.95. The van der Waals surface area contributed by atoms with Crippen molar-refractivity contribution in [2.75, 3.05) is 0 Å². The largest absolute Gasteiger partial charge is 0.454 e. The number of benzene rings is 4. The Kier molecular flexibility index (Phi) is 3.94. The van der Waals surface area contributed by atoms with Gasteiger partial charge >= 0.3 is 0 Å². The Morgan fingerprint density at radius 1 is 0.645 bits per heavy atom. The molecule has 2 nitrogen and oxygen atoms in total. The smallest absolute Gasteiger partial charge is 0.161 e. The van der Waals surface area contributed by atoms with Gasteiger partial charge in [0.25, 0.3) is 0 Å². The summed E-state index contributed by atoms with van der Waals surface area (Å²) in [7, 11) is 0. The van der Waals surface area contributed by atoms with Crippen molar-refractivity contribution in [3.05, 3.63) is 102 Å². The molecule has 0 bridgehead atoms. The SMILES string of the molecule is Cc1cccc(C)c1-c1cc2ccnc(-c3cc4ccccc4c4ccccc34)c2o1. The van der Waals surface area contributed by atoms with E-state index in [2.05, 4.69) is 92.7 Å². The summed E-state index contributed by atoms with van der Waals surface area (Å²) in [5.74, 6) is 0.893. The molecule has 0 saturated carbocycles. The van der Waals surface area contributed by atoms with E-state index in [9.17, 15) is 0 Å². The van der Waals surface area contributed by atoms with Gasteiger partial charge < -0.3 is 4.42 Å². The minimum atomic E-state index is 0.834. The summed E-state index contributed by atoms with van der Waals surface area (Å²) in [4.78, 5) is 4.79. The molecule has 2 aromatic heterocycles. The summed E-state index contributed by atoms with van der Waals surface area (Å²) >= 11 is 0. The first-order chi connectivity index (χ1) is 15.2. The average molecular weight is 399 g/mol. The second-order valence-corrected chi connectivity index (χ2v) is 8.15. The van der Waals surface area contributed by atoms with E-state index < -0.39 is 0 Å². The zero-order valence-electron chi connectivity index (χ0n) is 17.5. The van der Waals surface area contributed by atoms with E-state index in [0.717, 1.165) is 33.6 Å². The van der Waals surface area contributed by atoms with Crippen molar-refractivity contribution in [3.8, 4) is 22.6 Å². The van der Waals surface area contributed by atoms with Crippen LogP contribution in [0.25, 0.3) is 55.1 Å². The van der Waals surface area contributed by atoms with Crippen LogP contribution in [-0.2, 0) is 0 Å². The summed E-state index contributed by atoms with van der Waals surface area (Å²) in [5.41, 5.74) is 6.40. The Morgan fingerprint density at radius 3 is 2.16 bits per heavy atom. The van der Waals surface area contributed by atoms with Crippen LogP contribution in [0.15, 0.2) is 95.5 Å². The molecule has 148 valence electrons. The van der Waals surface area contributed by atoms with Crippen molar-refractivity contribution < 1.29 is 4.42 Å². The van der Waals surface area contributed by atoms with Crippen molar-refractivity contribution in [1.82, 2.24) is 4.98 Å². The summed E-state index contributed by atoms with van der Waals surface area (Å²) in [6.07, 6.45) is 1.88. The molecule has 0 radical (unpaired) electrons. The fraction of sp³-hybridized carbons (Fsp3) is 0.0690. The van der Waals surface area contributed by atoms with Crippen LogP contribution in [0.1, 0.15) is 11.1 Å². The molecule has 0 aliphatic rings. The number of fused-ring (bicyclic) bond motifs is 4. The highest BCUT2D eigenvalue weighted by Gasteiger charge is 2.17. The second-order valence-electron chi connectivity index (χ2n) is 8.15. The molecule has 0 amide bonds. The fourth-order valence-corrected chi connectivity index (χ4v) is 4.73. The van der Waals surface area contributed by atoms with Gasteiger partial charge in [0.15, 0.2) is 5.58 Å². The molecular formula is C29H21NO. The van der Waals surface area contributed by atoms with E-state index in [4.69, 9.17) is 9.40 Å². The predicted molar refractivity (Wildman–Crippen MR) is 129 cm³/mol. The molecule has 0 fully saturated rings. The van der Waals surface area contributed by atoms with Gasteiger partial charge in [-0.15, -0.1) is 0 Å². The highest BCUT2D eigenvalue weighted by molar-refractivity contribution is 6.15. The number of hydrogen-bond donors (Lipinski definition) is 0. The monoisotopic (exact) mass is 399 g/mol. The molecule has 2 heterocycles. The molecule has 6 rings (SSSR count). The number of furan rings is 1. The molecule has 6 aromatic rings. The van der Waals surface area contributed by atoms with Crippen molar-refractivity contribution in [2.45, 2.75) is 13.8 Å². The molecule has 2 heteroatoms. The molecular weight excluding hydrogens is 378 g/mol. The van der Waals surface area contributed by atoms with E-state index in [-0.39, 0.29) is 0 Å². The zero-order valence-corrected chi connectivity index (χ0v) is 17.5. The molecule has 0 spiro atoms. The van der Waals surface area contributed by atoms with Gasteiger partial charge in [-0.25, -0.2) is 0 Å². The molecule has 4 aromatic carbocycles. The van der Waals surface area contributed by atoms with Crippen LogP contribution >= 0.6 is 0 Å². The number of pyridine rings is 1. The molecule has 0 aliphatic heterocycles. The summed E-state index contributed by atoms with van der Waals surface area (Å²) < 4.78 is 6.50. The van der Waals surface area contributed by atoms with Crippen LogP contribution < -0.4 is 0 Å². The summed E-state index contributed by atoms with van der Waals surface area (Å²) in [6, 6.07) is 29.8. The minimum Gasteiger partial charge on any atom is -0.454 e. The standard InChI is InChI=1S/C29H21NO/c1-18-8-7-9-19(2)27(18)26-17-21-14-15-30-28(29(21)31-26)25-16-20-10-3-4-11-22(20)23-12-5-6-13-24(23)25/h3-17H,1-2H3. The predicted octanol–water partition coefficient (Wildman–Crippen LogP) is 8.09. The van der Waals surface area contributed by atoms with Crippen molar-refractivity contribution in [2.24, 2.45) is 0 Å². The van der Waals surface area contributed by atoms with Crippen LogP contribution in [0, 0.1) is 13.8 Å². The van der Waals surface area contributed by atoms with Gasteiger partial charge in [-0.3, -0.25) is 4.98 Å². The molecule has 0 atom stereocenters. The minimum absolute atomic E-state index is 0.834. The first kappa shape index (κ1) is 17.9. The lowest BCUT2D eigenvalue weighted by Gasteiger charge is -2.10. The normalized spacial score (nSPS) is 11.5. The maximum Gasteiger partial charge on any atom is 0.161 e. The van der Waals surface area contributed by atoms with Crippen LogP contribution in [0.4, 0.5) is 0 Å². The Labute approximate surface area is 180 Å². The zero-order chi connectivity index (χ0) is 20.9. The van der Waals surface area contributed by atoms with Crippen molar-refractivity contribution in [1.29, 1.82) is 0 Å². The van der Waals surface area contributed by atoms with Crippen molar-refractivity contribution >= 4 is 32.5 Å². The van der Waals surface area contributed by atoms with Gasteiger partial charge in [-0.05, 0) is 64.7 Å². The molecule has 0 N–H and O–H groups in total. The average Bonchev–Trinajstić information content (AvgIpc) is 3.22. The van der Waals surface area contributed by atoms with E-state index in [0.29, 0.717) is 0 Å². The topological polar surface area (TPSA) is 26.0 Å². The molecule has 31 heavy (non-hydrogen) atoms. The highest BCUT2D eigenvalue weighted by Crippen LogP contribution is 2.39. The third-order valence-electron chi connectivity index (χ3n) is 6.18. The van der Waals surface area contributed by atoms with Gasteiger partial charge in [0.05, 0.1) is 0 Å². The first-order valence-corrected chi connectivity index (χ1v) is 10.6. The molecule has 0 aliphatic carbocycles. The third-order valence-corrected chi connectivity index (χ3v) is 6.18. The third kappa shape index (κ3) is 2.76. The first-order valence-electron chi connectivity index (χ1n) is 10.6. The maximum absolute atomic E-state index is 6.50. The summed E-state index contributed by atoms with van der Waals surface area (Å²) in [6.45, 7) is 4.26. The lowest BCUT2D eigenvalue weighted by molar-refractivity contribution is 0.630. The van der Waals surface area contributed by atoms with Crippen LogP contribution in [0.5, 0.6) is 0 Å². The highest BCUT2D eigenvalue weighted by atomic mass is 16.3. The van der Waals surface area contributed by atoms with Crippen LogP contribution in [-0.4, -0.2) is 4.98 Å².